The molecule has 2 aliphatic carbocycles. The highest BCUT2D eigenvalue weighted by molar-refractivity contribution is 5.75. The molecule has 280 valence electrons. The molecule has 4 N–H and O–H groups in total. The second-order valence-electron chi connectivity index (χ2n) is 14.7. The third kappa shape index (κ3) is 6.38. The number of hydrogen-bond donors (Lipinski definition) is 4. The van der Waals surface area contributed by atoms with Gasteiger partial charge in [0.05, 0.1) is 34.6 Å². The number of H-pyrrole nitrogens is 2. The fourth-order valence-corrected chi connectivity index (χ4v) is 8.81. The second kappa shape index (κ2) is 14.7. The van der Waals surface area contributed by atoms with E-state index < -0.39 is 0 Å². The maximum atomic E-state index is 8.93. The molecule has 56 heavy (non-hydrogen) atoms. The molecule has 16 nitrogen and oxygen atoms in total. The number of nitrogens with one attached hydrogen (secondary N) is 4. The van der Waals surface area contributed by atoms with Crippen molar-refractivity contribution < 1.29 is 0 Å². The summed E-state index contributed by atoms with van der Waals surface area (Å²) in [5.74, 6) is 5.30. The number of anilines is 2. The van der Waals surface area contributed by atoms with E-state index in [1.165, 1.54) is 0 Å². The normalized spacial score (nSPS) is 21.9. The Bertz CT molecular complexity index is 2520. The van der Waals surface area contributed by atoms with Crippen LogP contribution in [0.2, 0.25) is 0 Å². The average molecular weight is 745 g/mol. The van der Waals surface area contributed by atoms with Crippen LogP contribution in [0, 0.1) is 34.5 Å². The summed E-state index contributed by atoms with van der Waals surface area (Å²) in [5.41, 5.74) is 6.41. The van der Waals surface area contributed by atoms with Gasteiger partial charge in [-0.2, -0.15) is 10.5 Å². The van der Waals surface area contributed by atoms with Crippen LogP contribution in [0.1, 0.15) is 87.0 Å². The van der Waals surface area contributed by atoms with Crippen molar-refractivity contribution >= 4 is 45.3 Å². The predicted molar refractivity (Wildman–Crippen MR) is 210 cm³/mol. The molecular formula is C40H40N16. The summed E-state index contributed by atoms with van der Waals surface area (Å²) < 4.78 is 4.27. The minimum Gasteiger partial charge on any atom is -0.367 e. The Labute approximate surface area is 321 Å². The molecule has 0 amide bonds. The predicted octanol–water partition coefficient (Wildman–Crippen LogP) is 6.51. The van der Waals surface area contributed by atoms with Crippen molar-refractivity contribution in [3.8, 4) is 12.1 Å². The lowest BCUT2D eigenvalue weighted by molar-refractivity contribution is 0.451. The average Bonchev–Trinajstić information content (AvgIpc) is 4.09. The topological polar surface area (TPSA) is 215 Å². The van der Waals surface area contributed by atoms with Gasteiger partial charge in [0.25, 0.3) is 0 Å². The van der Waals surface area contributed by atoms with Crippen LogP contribution in [-0.2, 0) is 0 Å². The van der Waals surface area contributed by atoms with Gasteiger partial charge in [0, 0.05) is 48.7 Å². The van der Waals surface area contributed by atoms with Crippen LogP contribution in [0.15, 0.2) is 73.6 Å². The molecule has 0 aliphatic heterocycles. The van der Waals surface area contributed by atoms with Crippen molar-refractivity contribution in [1.29, 1.82) is 10.5 Å². The molecule has 16 heteroatoms. The Morgan fingerprint density at radius 2 is 1.07 bits per heavy atom. The number of fused-ring (bicyclic) bond motifs is 6. The van der Waals surface area contributed by atoms with Gasteiger partial charge in [-0.15, -0.1) is 20.4 Å². The SMILES string of the molecule is CC[C@@H]1C[C@H](Nc2ccc(C#N)cn2)C[C@H]1c1nnc2cnc3[nH]ccc3n12.CC[C@H]1C[C@@H](Nc2ccc(C#N)cn2)C[C@@H]1c1nnc2cnc3[nH]ccc3n12. The van der Waals surface area contributed by atoms with Crippen molar-refractivity contribution in [2.24, 2.45) is 11.8 Å². The van der Waals surface area contributed by atoms with Crippen LogP contribution in [0.5, 0.6) is 0 Å². The van der Waals surface area contributed by atoms with E-state index in [-0.39, 0.29) is 0 Å². The van der Waals surface area contributed by atoms with Crippen LogP contribution >= 0.6 is 0 Å². The Morgan fingerprint density at radius 3 is 1.46 bits per heavy atom. The van der Waals surface area contributed by atoms with E-state index in [1.54, 1.807) is 36.9 Å². The molecule has 0 radical (unpaired) electrons. The molecule has 0 aromatic carbocycles. The maximum Gasteiger partial charge on any atom is 0.179 e. The van der Waals surface area contributed by atoms with E-state index in [9.17, 15) is 0 Å². The summed E-state index contributed by atoms with van der Waals surface area (Å²) in [7, 11) is 0. The first-order valence-corrected chi connectivity index (χ1v) is 19.1. The molecular weight excluding hydrogens is 705 g/mol. The lowest BCUT2D eigenvalue weighted by atomic mass is 9.93. The quantitative estimate of drug-likeness (QED) is 0.131. The number of hydrogen-bond acceptors (Lipinski definition) is 12. The van der Waals surface area contributed by atoms with Gasteiger partial charge >= 0.3 is 0 Å². The highest BCUT2D eigenvalue weighted by atomic mass is 15.3. The van der Waals surface area contributed by atoms with E-state index >= 15 is 0 Å². The second-order valence-corrected chi connectivity index (χ2v) is 14.7. The van der Waals surface area contributed by atoms with E-state index in [1.807, 2.05) is 36.7 Å². The number of nitriles is 2. The molecule has 0 unspecified atom stereocenters. The highest BCUT2D eigenvalue weighted by Gasteiger charge is 2.38. The lowest BCUT2D eigenvalue weighted by Gasteiger charge is -2.15. The first-order chi connectivity index (χ1) is 27.5. The molecule has 2 aliphatic rings. The first-order valence-electron chi connectivity index (χ1n) is 19.1. The summed E-state index contributed by atoms with van der Waals surface area (Å²) in [5, 5.41) is 42.8. The Balaban J connectivity index is 0.000000146. The summed E-state index contributed by atoms with van der Waals surface area (Å²) in [4.78, 5) is 23.9. The van der Waals surface area contributed by atoms with Crippen LogP contribution in [0.3, 0.4) is 0 Å². The molecule has 8 heterocycles. The van der Waals surface area contributed by atoms with E-state index in [0.29, 0.717) is 46.9 Å². The van der Waals surface area contributed by atoms with Crippen molar-refractivity contribution in [2.45, 2.75) is 76.3 Å². The molecule has 8 aromatic heterocycles. The number of rotatable bonds is 8. The summed E-state index contributed by atoms with van der Waals surface area (Å²) in [6, 6.07) is 16.2. The van der Waals surface area contributed by atoms with Crippen molar-refractivity contribution in [3.05, 3.63) is 96.4 Å². The third-order valence-electron chi connectivity index (χ3n) is 11.5. The first kappa shape index (κ1) is 34.8. The number of aromatic nitrogens is 12. The smallest absolute Gasteiger partial charge is 0.179 e. The lowest BCUT2D eigenvalue weighted by Crippen LogP contribution is -2.16. The zero-order valence-electron chi connectivity index (χ0n) is 31.0. The van der Waals surface area contributed by atoms with Crippen molar-refractivity contribution in [1.82, 2.24) is 59.1 Å². The van der Waals surface area contributed by atoms with Gasteiger partial charge in [-0.3, -0.25) is 8.80 Å². The Hall–Kier alpha value is -6.94. The molecule has 8 aromatic rings. The zero-order valence-corrected chi connectivity index (χ0v) is 31.0. The highest BCUT2D eigenvalue weighted by Crippen LogP contribution is 2.43. The van der Waals surface area contributed by atoms with Gasteiger partial charge < -0.3 is 20.6 Å². The van der Waals surface area contributed by atoms with Gasteiger partial charge in [0.15, 0.2) is 22.6 Å². The standard InChI is InChI=1S/2C20H20N8/c2*1-2-13-7-14(25-17-4-3-12(9-21)10-23-17)8-15(13)20-27-26-18-11-24-19-16(28(18)20)5-6-22-19/h2*3-6,10-11,13-15,22H,2,7-8H2,1H3,(H,23,25)/t2*13-,14+,15-/m10/s1. The van der Waals surface area contributed by atoms with E-state index in [2.05, 4.69) is 95.7 Å². The van der Waals surface area contributed by atoms with Crippen molar-refractivity contribution in [2.75, 3.05) is 10.6 Å². The van der Waals surface area contributed by atoms with E-state index in [0.717, 1.165) is 95.4 Å². The zero-order chi connectivity index (χ0) is 38.2. The van der Waals surface area contributed by atoms with Crippen molar-refractivity contribution in [3.63, 3.8) is 0 Å². The third-order valence-corrected chi connectivity index (χ3v) is 11.5. The molecule has 2 saturated carbocycles. The minimum atomic E-state index is 0.311. The summed E-state index contributed by atoms with van der Waals surface area (Å²) in [6.07, 6.45) is 16.7. The number of nitrogens with zero attached hydrogens (tertiary/aromatic N) is 12. The van der Waals surface area contributed by atoms with Crippen LogP contribution in [0.25, 0.3) is 33.6 Å². The molecule has 0 bridgehead atoms. The van der Waals surface area contributed by atoms with Crippen LogP contribution in [-0.4, -0.2) is 71.2 Å². The Morgan fingerprint density at radius 1 is 0.607 bits per heavy atom. The Kier molecular flexibility index (Phi) is 9.14. The fourth-order valence-electron chi connectivity index (χ4n) is 8.81. The molecule has 0 saturated heterocycles. The fraction of sp³-hybridized carbons (Fsp3) is 0.350. The molecule has 6 atom stereocenters. The van der Waals surface area contributed by atoms with Gasteiger partial charge in [-0.05, 0) is 73.9 Å². The van der Waals surface area contributed by atoms with Gasteiger partial charge in [-0.25, -0.2) is 19.9 Å². The van der Waals surface area contributed by atoms with Crippen LogP contribution < -0.4 is 10.6 Å². The maximum absolute atomic E-state index is 8.93. The molecule has 10 rings (SSSR count). The molecule has 2 fully saturated rings. The van der Waals surface area contributed by atoms with E-state index in [4.69, 9.17) is 10.5 Å². The summed E-state index contributed by atoms with van der Waals surface area (Å²) in [6.45, 7) is 4.47. The van der Waals surface area contributed by atoms with Gasteiger partial charge in [0.1, 0.15) is 35.4 Å². The van der Waals surface area contributed by atoms with Gasteiger partial charge in [0.2, 0.25) is 0 Å². The summed E-state index contributed by atoms with van der Waals surface area (Å²) >= 11 is 0. The minimum absolute atomic E-state index is 0.311. The number of aromatic amines is 2. The monoisotopic (exact) mass is 744 g/mol. The van der Waals surface area contributed by atoms with Gasteiger partial charge in [-0.1, -0.05) is 26.7 Å². The number of pyridine rings is 2. The van der Waals surface area contributed by atoms with Crippen LogP contribution in [0.4, 0.5) is 11.6 Å². The molecule has 0 spiro atoms. The largest absolute Gasteiger partial charge is 0.367 e.